The van der Waals surface area contributed by atoms with E-state index >= 15 is 0 Å². The smallest absolute Gasteiger partial charge is 0.144 e. The molecule has 0 aromatic heterocycles. The van der Waals surface area contributed by atoms with Gasteiger partial charge >= 0.3 is 0 Å². The number of ether oxygens (including phenoxy) is 2. The van der Waals surface area contributed by atoms with Crippen LogP contribution < -0.4 is 0 Å². The zero-order valence-electron chi connectivity index (χ0n) is 33.3. The molecule has 0 saturated carbocycles. The van der Waals surface area contributed by atoms with Crippen molar-refractivity contribution in [3.05, 3.63) is 298 Å². The average molecular weight is 773 g/mol. The van der Waals surface area contributed by atoms with Gasteiger partial charge in [-0.3, -0.25) is 0 Å². The second-order valence-electron chi connectivity index (χ2n) is 14.3. The van der Waals surface area contributed by atoms with E-state index in [4.69, 9.17) is 9.47 Å². The monoisotopic (exact) mass is 772 g/mol. The Bertz CT molecular complexity index is 2320. The van der Waals surface area contributed by atoms with E-state index in [0.29, 0.717) is 0 Å². The highest BCUT2D eigenvalue weighted by atomic mass is 16.5. The minimum atomic E-state index is -0.982. The Balaban J connectivity index is 1.34. The lowest BCUT2D eigenvalue weighted by Crippen LogP contribution is -2.34. The van der Waals surface area contributed by atoms with Gasteiger partial charge in [0.25, 0.3) is 0 Å². The van der Waals surface area contributed by atoms with E-state index in [1.165, 1.54) is 0 Å². The number of rotatable bonds is 12. The summed E-state index contributed by atoms with van der Waals surface area (Å²) in [7, 11) is 0. The van der Waals surface area contributed by atoms with Gasteiger partial charge in [-0.1, -0.05) is 242 Å². The first-order valence-electron chi connectivity index (χ1n) is 20.2. The predicted octanol–water partition coefficient (Wildman–Crippen LogP) is 12.4. The van der Waals surface area contributed by atoms with Gasteiger partial charge in [0.05, 0.1) is 13.2 Å². The largest absolute Gasteiger partial charge is 0.355 e. The van der Waals surface area contributed by atoms with Crippen LogP contribution in [-0.4, -0.2) is 13.2 Å². The van der Waals surface area contributed by atoms with E-state index < -0.39 is 11.2 Å². The molecule has 0 aliphatic rings. The molecule has 0 atom stereocenters. The lowest BCUT2D eigenvalue weighted by atomic mass is 9.80. The fraction of sp³-hybridized carbons (Fsp3) is 0.0690. The summed E-state index contributed by atoms with van der Waals surface area (Å²) in [6, 6.07) is 82.6. The zero-order chi connectivity index (χ0) is 40.7. The molecular formula is C58H44O2. The molecule has 0 N–H and O–H groups in total. The summed E-state index contributed by atoms with van der Waals surface area (Å²) >= 11 is 0. The summed E-state index contributed by atoms with van der Waals surface area (Å²) in [5, 5.41) is 0. The normalized spacial score (nSPS) is 11.6. The minimum Gasteiger partial charge on any atom is -0.355 e. The van der Waals surface area contributed by atoms with Crippen LogP contribution in [0.5, 0.6) is 0 Å². The number of benzene rings is 8. The Hall–Kier alpha value is -7.46. The molecule has 0 aliphatic heterocycles. The molecule has 0 spiro atoms. The molecule has 0 amide bonds. The van der Waals surface area contributed by atoms with Crippen molar-refractivity contribution < 1.29 is 9.47 Å². The van der Waals surface area contributed by atoms with E-state index in [0.717, 1.165) is 55.7 Å². The van der Waals surface area contributed by atoms with Crippen LogP contribution in [0.3, 0.4) is 0 Å². The van der Waals surface area contributed by atoms with Crippen molar-refractivity contribution in [1.82, 2.24) is 0 Å². The molecule has 8 aromatic carbocycles. The van der Waals surface area contributed by atoms with Crippen molar-refractivity contribution in [2.75, 3.05) is 13.2 Å². The van der Waals surface area contributed by atoms with Gasteiger partial charge in [0.2, 0.25) is 0 Å². The van der Waals surface area contributed by atoms with E-state index in [2.05, 4.69) is 169 Å². The van der Waals surface area contributed by atoms with Crippen LogP contribution in [0, 0.1) is 23.7 Å². The van der Waals surface area contributed by atoms with E-state index in [1.807, 2.05) is 97.1 Å². The quantitative estimate of drug-likeness (QED) is 0.0909. The maximum absolute atomic E-state index is 7.47. The fourth-order valence-electron chi connectivity index (χ4n) is 7.63. The molecule has 288 valence electrons. The molecular weight excluding hydrogens is 729 g/mol. The van der Waals surface area contributed by atoms with Crippen LogP contribution in [-0.2, 0) is 20.7 Å². The summed E-state index contributed by atoms with van der Waals surface area (Å²) in [6.45, 7) is 0.269. The Kier molecular flexibility index (Phi) is 12.7. The maximum atomic E-state index is 7.47. The molecule has 0 fully saturated rings. The summed E-state index contributed by atoms with van der Waals surface area (Å²) in [5.41, 5.74) is 7.26. The van der Waals surface area contributed by atoms with Gasteiger partial charge in [0.15, 0.2) is 0 Å². The molecule has 8 aromatic rings. The highest BCUT2D eigenvalue weighted by molar-refractivity contribution is 5.53. The molecule has 0 aliphatic carbocycles. The summed E-state index contributed by atoms with van der Waals surface area (Å²) < 4.78 is 14.9. The lowest BCUT2D eigenvalue weighted by Gasteiger charge is -2.37. The molecule has 0 bridgehead atoms. The molecule has 0 saturated heterocycles. The van der Waals surface area contributed by atoms with E-state index in [-0.39, 0.29) is 13.2 Å². The first-order valence-corrected chi connectivity index (χ1v) is 20.2. The number of hydrogen-bond donors (Lipinski definition) is 0. The molecule has 2 heteroatoms. The zero-order valence-corrected chi connectivity index (χ0v) is 33.3. The molecule has 60 heavy (non-hydrogen) atoms. The fourth-order valence-corrected chi connectivity index (χ4v) is 7.63. The van der Waals surface area contributed by atoms with Gasteiger partial charge in [-0.25, -0.2) is 0 Å². The summed E-state index contributed by atoms with van der Waals surface area (Å²) in [6.07, 6.45) is 0. The SMILES string of the molecule is C(#Cc1ccccc1)/C(COC(c1ccccc1)(c1ccccc1)c1ccccc1)=C(\C#Cc1ccccc1)COC(c1ccccc1)(c1ccccc1)c1ccccc1. The molecule has 0 heterocycles. The predicted molar refractivity (Wildman–Crippen MR) is 244 cm³/mol. The molecule has 0 radical (unpaired) electrons. The van der Waals surface area contributed by atoms with Gasteiger partial charge in [-0.05, 0) is 57.6 Å². The van der Waals surface area contributed by atoms with Crippen LogP contribution in [0.1, 0.15) is 44.5 Å². The summed E-state index contributed by atoms with van der Waals surface area (Å²) in [4.78, 5) is 0. The van der Waals surface area contributed by atoms with Crippen molar-refractivity contribution in [2.45, 2.75) is 11.2 Å². The van der Waals surface area contributed by atoms with Gasteiger partial charge in [0.1, 0.15) is 11.2 Å². The first-order chi connectivity index (χ1) is 29.8. The third-order valence-corrected chi connectivity index (χ3v) is 10.6. The third-order valence-electron chi connectivity index (χ3n) is 10.6. The van der Waals surface area contributed by atoms with Crippen molar-refractivity contribution in [3.8, 4) is 23.7 Å². The topological polar surface area (TPSA) is 18.5 Å². The van der Waals surface area contributed by atoms with Crippen LogP contribution >= 0.6 is 0 Å². The third kappa shape index (κ3) is 8.83. The van der Waals surface area contributed by atoms with Gasteiger partial charge in [-0.2, -0.15) is 0 Å². The highest BCUT2D eigenvalue weighted by Gasteiger charge is 2.39. The van der Waals surface area contributed by atoms with Crippen molar-refractivity contribution in [3.63, 3.8) is 0 Å². The van der Waals surface area contributed by atoms with Crippen LogP contribution in [0.15, 0.2) is 254 Å². The number of hydrogen-bond acceptors (Lipinski definition) is 2. The molecule has 0 unspecified atom stereocenters. The van der Waals surface area contributed by atoms with Gasteiger partial charge < -0.3 is 9.47 Å². The second-order valence-corrected chi connectivity index (χ2v) is 14.3. The van der Waals surface area contributed by atoms with Crippen LogP contribution in [0.4, 0.5) is 0 Å². The van der Waals surface area contributed by atoms with Crippen molar-refractivity contribution in [2.24, 2.45) is 0 Å². The van der Waals surface area contributed by atoms with Crippen molar-refractivity contribution in [1.29, 1.82) is 0 Å². The Morgan fingerprint density at radius 3 is 0.700 bits per heavy atom. The van der Waals surface area contributed by atoms with Gasteiger partial charge in [0, 0.05) is 22.3 Å². The molecule has 8 rings (SSSR count). The van der Waals surface area contributed by atoms with Crippen LogP contribution in [0.2, 0.25) is 0 Å². The first kappa shape index (κ1) is 39.4. The Labute approximate surface area is 354 Å². The highest BCUT2D eigenvalue weighted by Crippen LogP contribution is 2.43. The molecule has 2 nitrogen and oxygen atoms in total. The lowest BCUT2D eigenvalue weighted by molar-refractivity contribution is 0.0221. The standard InChI is InChI=1S/C58H44O2/c1-9-25-47(26-10-1)41-43-49(45-59-57(51-29-13-3-14-30-51,52-31-15-4-16-32-52)53-33-17-5-18-34-53)50(44-42-48-27-11-2-12-28-48)46-60-58(54-35-19-6-20-36-54,55-37-21-7-22-38-55)56-39-23-8-24-40-56/h1-40H,45-46H2/b50-49-. The van der Waals surface area contributed by atoms with E-state index in [9.17, 15) is 0 Å². The average Bonchev–Trinajstić information content (AvgIpc) is 3.34. The van der Waals surface area contributed by atoms with Crippen molar-refractivity contribution >= 4 is 0 Å². The minimum absolute atomic E-state index is 0.135. The maximum Gasteiger partial charge on any atom is 0.144 e. The van der Waals surface area contributed by atoms with E-state index in [1.54, 1.807) is 0 Å². The summed E-state index contributed by atoms with van der Waals surface area (Å²) in [5.74, 6) is 14.1. The van der Waals surface area contributed by atoms with Crippen LogP contribution in [0.25, 0.3) is 0 Å². The second kappa shape index (κ2) is 19.3. The Morgan fingerprint density at radius 1 is 0.283 bits per heavy atom. The van der Waals surface area contributed by atoms with Gasteiger partial charge in [-0.15, -0.1) is 0 Å². The Morgan fingerprint density at radius 2 is 0.483 bits per heavy atom.